The lowest BCUT2D eigenvalue weighted by molar-refractivity contribution is -0.138. The summed E-state index contributed by atoms with van der Waals surface area (Å²) in [6.45, 7) is 0. The number of para-hydroxylation sites is 1. The number of nitrogens with zero attached hydrogens (tertiary/aromatic N) is 4. The molecule has 0 unspecified atom stereocenters. The van der Waals surface area contributed by atoms with E-state index in [1.54, 1.807) is 24.3 Å². The number of imidazole rings is 1. The molecule has 28 heavy (non-hydrogen) atoms. The van der Waals surface area contributed by atoms with Crippen LogP contribution in [-0.4, -0.2) is 35.8 Å². The van der Waals surface area contributed by atoms with E-state index in [1.807, 2.05) is 0 Å². The average Bonchev–Trinajstić information content (AvgIpc) is 2.99. The monoisotopic (exact) mass is 410 g/mol. The zero-order valence-corrected chi connectivity index (χ0v) is 15.4. The van der Waals surface area contributed by atoms with Gasteiger partial charge in [-0.15, -0.1) is 0 Å². The number of benzene rings is 2. The summed E-state index contributed by atoms with van der Waals surface area (Å²) in [6, 6.07) is 10.9. The number of nitriles is 1. The standard InChI is InChI=1S/C17H13F3N4O3S/c1-23(2)28(25,26)24-14-9-15(27-11-6-4-3-5-7-11)12(17(18,19)20)8-13(14)22-16(24)10-21/h3-9H,1-2H3. The van der Waals surface area contributed by atoms with Crippen molar-refractivity contribution in [2.24, 2.45) is 0 Å². The molecule has 11 heteroatoms. The van der Waals surface area contributed by atoms with E-state index >= 15 is 0 Å². The molecule has 0 saturated heterocycles. The van der Waals surface area contributed by atoms with Crippen molar-refractivity contribution in [1.82, 2.24) is 13.3 Å². The van der Waals surface area contributed by atoms with Crippen molar-refractivity contribution in [2.75, 3.05) is 14.1 Å². The molecule has 0 spiro atoms. The molecule has 2 aromatic carbocycles. The first-order valence-corrected chi connectivity index (χ1v) is 9.15. The molecule has 146 valence electrons. The van der Waals surface area contributed by atoms with Gasteiger partial charge >= 0.3 is 16.4 Å². The molecule has 0 saturated carbocycles. The van der Waals surface area contributed by atoms with E-state index in [1.165, 1.54) is 26.2 Å². The van der Waals surface area contributed by atoms with Crippen LogP contribution in [-0.2, 0) is 16.4 Å². The second-order valence-electron chi connectivity index (χ2n) is 5.85. The highest BCUT2D eigenvalue weighted by atomic mass is 32.2. The lowest BCUT2D eigenvalue weighted by Crippen LogP contribution is -2.29. The van der Waals surface area contributed by atoms with E-state index in [2.05, 4.69) is 4.98 Å². The van der Waals surface area contributed by atoms with Gasteiger partial charge in [-0.2, -0.15) is 35.1 Å². The molecule has 0 N–H and O–H groups in total. The third-order valence-electron chi connectivity index (χ3n) is 3.78. The summed E-state index contributed by atoms with van der Waals surface area (Å²) in [5.41, 5.74) is -1.64. The van der Waals surface area contributed by atoms with E-state index in [0.717, 1.165) is 10.4 Å². The fourth-order valence-corrected chi connectivity index (χ4v) is 3.49. The van der Waals surface area contributed by atoms with Crippen molar-refractivity contribution in [1.29, 1.82) is 5.26 Å². The van der Waals surface area contributed by atoms with Crippen LogP contribution in [0.2, 0.25) is 0 Å². The molecule has 0 fully saturated rings. The normalized spacial score (nSPS) is 12.3. The maximum atomic E-state index is 13.5. The second kappa shape index (κ2) is 6.81. The van der Waals surface area contributed by atoms with Crippen LogP contribution in [0.25, 0.3) is 11.0 Å². The molecule has 0 aliphatic carbocycles. The fraction of sp³-hybridized carbons (Fsp3) is 0.176. The molecule has 1 aromatic heterocycles. The van der Waals surface area contributed by atoms with Gasteiger partial charge in [0.25, 0.3) is 0 Å². The summed E-state index contributed by atoms with van der Waals surface area (Å²) in [5.74, 6) is -1.03. The molecule has 0 atom stereocenters. The van der Waals surface area contributed by atoms with E-state index in [-0.39, 0.29) is 16.8 Å². The van der Waals surface area contributed by atoms with Gasteiger partial charge in [-0.3, -0.25) is 0 Å². The number of alkyl halides is 3. The Morgan fingerprint density at radius 2 is 1.82 bits per heavy atom. The van der Waals surface area contributed by atoms with E-state index < -0.39 is 33.5 Å². The van der Waals surface area contributed by atoms with Crippen LogP contribution in [0, 0.1) is 11.3 Å². The molecular weight excluding hydrogens is 397 g/mol. The van der Waals surface area contributed by atoms with Gasteiger partial charge < -0.3 is 4.74 Å². The number of hydrogen-bond donors (Lipinski definition) is 0. The predicted molar refractivity (Wildman–Crippen MR) is 94.0 cm³/mol. The zero-order valence-electron chi connectivity index (χ0n) is 14.6. The average molecular weight is 410 g/mol. The lowest BCUT2D eigenvalue weighted by Gasteiger charge is -2.16. The molecule has 0 radical (unpaired) electrons. The molecular formula is C17H13F3N4O3S. The van der Waals surface area contributed by atoms with Crippen LogP contribution >= 0.6 is 0 Å². The Labute approximate surface area is 158 Å². The number of aromatic nitrogens is 2. The number of halogens is 3. The van der Waals surface area contributed by atoms with Gasteiger partial charge in [0.2, 0.25) is 5.82 Å². The summed E-state index contributed by atoms with van der Waals surface area (Å²) in [5, 5.41) is 9.23. The van der Waals surface area contributed by atoms with Crippen molar-refractivity contribution in [2.45, 2.75) is 6.18 Å². The van der Waals surface area contributed by atoms with Crippen LogP contribution in [0.3, 0.4) is 0 Å². The molecule has 0 bridgehead atoms. The van der Waals surface area contributed by atoms with Crippen LogP contribution in [0.5, 0.6) is 11.5 Å². The zero-order chi connectivity index (χ0) is 20.7. The van der Waals surface area contributed by atoms with Gasteiger partial charge in [-0.1, -0.05) is 18.2 Å². The Bertz CT molecular complexity index is 1180. The van der Waals surface area contributed by atoms with Gasteiger partial charge in [0.1, 0.15) is 23.1 Å². The van der Waals surface area contributed by atoms with Gasteiger partial charge in [0.15, 0.2) is 0 Å². The van der Waals surface area contributed by atoms with Crippen molar-refractivity contribution >= 4 is 21.2 Å². The third kappa shape index (κ3) is 3.39. The van der Waals surface area contributed by atoms with E-state index in [0.29, 0.717) is 10.0 Å². The summed E-state index contributed by atoms with van der Waals surface area (Å²) in [6.07, 6.45) is -4.78. The highest BCUT2D eigenvalue weighted by molar-refractivity contribution is 7.87. The smallest absolute Gasteiger partial charge is 0.420 e. The molecule has 0 aliphatic rings. The number of hydrogen-bond acceptors (Lipinski definition) is 5. The summed E-state index contributed by atoms with van der Waals surface area (Å²) < 4.78 is 72.5. The Kier molecular flexibility index (Phi) is 4.78. The molecule has 1 heterocycles. The number of fused-ring (bicyclic) bond motifs is 1. The first-order valence-electron chi connectivity index (χ1n) is 7.75. The minimum Gasteiger partial charge on any atom is -0.457 e. The highest BCUT2D eigenvalue weighted by Crippen LogP contribution is 2.41. The minimum absolute atomic E-state index is 0.134. The van der Waals surface area contributed by atoms with Gasteiger partial charge in [0.05, 0.1) is 11.0 Å². The quantitative estimate of drug-likeness (QED) is 0.658. The first-order chi connectivity index (χ1) is 13.1. The third-order valence-corrected chi connectivity index (χ3v) is 5.54. The lowest BCUT2D eigenvalue weighted by atomic mass is 10.1. The van der Waals surface area contributed by atoms with Gasteiger partial charge in [-0.25, -0.2) is 4.98 Å². The number of ether oxygens (including phenoxy) is 1. The predicted octanol–water partition coefficient (Wildman–Crippen LogP) is 3.37. The Balaban J connectivity index is 2.34. The highest BCUT2D eigenvalue weighted by Gasteiger charge is 2.36. The van der Waals surface area contributed by atoms with E-state index in [9.17, 15) is 26.9 Å². The largest absolute Gasteiger partial charge is 0.457 e. The summed E-state index contributed by atoms with van der Waals surface area (Å²) >= 11 is 0. The van der Waals surface area contributed by atoms with Crippen molar-refractivity contribution in [3.63, 3.8) is 0 Å². The van der Waals surface area contributed by atoms with Crippen molar-refractivity contribution < 1.29 is 26.3 Å². The Morgan fingerprint density at radius 3 is 2.36 bits per heavy atom. The maximum absolute atomic E-state index is 13.5. The summed E-state index contributed by atoms with van der Waals surface area (Å²) in [4.78, 5) is 3.74. The topological polar surface area (TPSA) is 88.2 Å². The van der Waals surface area contributed by atoms with Crippen molar-refractivity contribution in [3.05, 3.63) is 53.9 Å². The SMILES string of the molecule is CN(C)S(=O)(=O)n1c(C#N)nc2cc(C(F)(F)F)c(Oc3ccccc3)cc21. The molecule has 3 rings (SSSR count). The Morgan fingerprint density at radius 1 is 1.18 bits per heavy atom. The van der Waals surface area contributed by atoms with Crippen molar-refractivity contribution in [3.8, 4) is 17.6 Å². The van der Waals surface area contributed by atoms with Gasteiger partial charge in [0, 0.05) is 20.2 Å². The van der Waals surface area contributed by atoms with Crippen LogP contribution in [0.15, 0.2) is 42.5 Å². The molecule has 3 aromatic rings. The minimum atomic E-state index is -4.78. The maximum Gasteiger partial charge on any atom is 0.420 e. The Hall–Kier alpha value is -3.10. The first kappa shape index (κ1) is 19.7. The summed E-state index contributed by atoms with van der Waals surface area (Å²) in [7, 11) is -1.75. The number of rotatable bonds is 4. The van der Waals surface area contributed by atoms with Gasteiger partial charge in [-0.05, 0) is 18.2 Å². The molecule has 0 aliphatic heterocycles. The van der Waals surface area contributed by atoms with Crippen LogP contribution in [0.4, 0.5) is 13.2 Å². The molecule has 7 nitrogen and oxygen atoms in total. The van der Waals surface area contributed by atoms with Crippen LogP contribution in [0.1, 0.15) is 11.4 Å². The molecule has 0 amide bonds. The fourth-order valence-electron chi connectivity index (χ4n) is 2.47. The van der Waals surface area contributed by atoms with E-state index in [4.69, 9.17) is 4.74 Å². The second-order valence-corrected chi connectivity index (χ2v) is 7.84. The van der Waals surface area contributed by atoms with Crippen LogP contribution < -0.4 is 4.74 Å².